The van der Waals surface area contributed by atoms with E-state index >= 15 is 0 Å². The summed E-state index contributed by atoms with van der Waals surface area (Å²) < 4.78 is 13.2. The predicted molar refractivity (Wildman–Crippen MR) is 94.0 cm³/mol. The van der Waals surface area contributed by atoms with Crippen LogP contribution in [0.3, 0.4) is 0 Å². The fraction of sp³-hybridized carbons (Fsp3) is 0.0526. The molecule has 26 heavy (non-hydrogen) atoms. The number of aromatic nitrogens is 2. The molecule has 0 saturated carbocycles. The molecule has 0 aliphatic carbocycles. The standard InChI is InChI=1S/C19H15FN4O2/c20-15-4-1-5-16(10-15)24-18(25)14-6-8-22-17(9-14)19(26)23-12-13-3-2-7-21-11-13/h1-11H,12H2,(H,23,26)(H,24,25). The Hall–Kier alpha value is -3.61. The predicted octanol–water partition coefficient (Wildman–Crippen LogP) is 2.80. The molecule has 0 atom stereocenters. The van der Waals surface area contributed by atoms with Gasteiger partial charge in [0.15, 0.2) is 0 Å². The second-order valence-corrected chi connectivity index (χ2v) is 5.44. The zero-order valence-electron chi connectivity index (χ0n) is 13.6. The van der Waals surface area contributed by atoms with Gasteiger partial charge in [0.05, 0.1) is 0 Å². The number of halogens is 1. The van der Waals surface area contributed by atoms with Crippen molar-refractivity contribution >= 4 is 17.5 Å². The van der Waals surface area contributed by atoms with Crippen LogP contribution >= 0.6 is 0 Å². The molecule has 0 aliphatic rings. The van der Waals surface area contributed by atoms with Crippen LogP contribution < -0.4 is 10.6 Å². The van der Waals surface area contributed by atoms with Crippen LogP contribution in [0.1, 0.15) is 26.4 Å². The Morgan fingerprint density at radius 2 is 1.88 bits per heavy atom. The minimum Gasteiger partial charge on any atom is -0.347 e. The monoisotopic (exact) mass is 350 g/mol. The fourth-order valence-corrected chi connectivity index (χ4v) is 2.24. The average Bonchev–Trinajstić information content (AvgIpc) is 2.67. The first-order valence-electron chi connectivity index (χ1n) is 7.82. The third-order valence-electron chi connectivity index (χ3n) is 3.51. The number of hydrogen-bond acceptors (Lipinski definition) is 4. The number of nitrogens with one attached hydrogen (secondary N) is 2. The molecule has 3 rings (SSSR count). The molecule has 2 N–H and O–H groups in total. The molecule has 3 aromatic rings. The Kier molecular flexibility index (Phi) is 5.28. The number of nitrogens with zero attached hydrogens (tertiary/aromatic N) is 2. The van der Waals surface area contributed by atoms with Gasteiger partial charge in [-0.3, -0.25) is 19.6 Å². The molecule has 7 heteroatoms. The highest BCUT2D eigenvalue weighted by Gasteiger charge is 2.12. The van der Waals surface area contributed by atoms with Gasteiger partial charge in [-0.2, -0.15) is 0 Å². The number of pyridine rings is 2. The quantitative estimate of drug-likeness (QED) is 0.741. The SMILES string of the molecule is O=C(Nc1cccc(F)c1)c1ccnc(C(=O)NCc2cccnc2)c1. The maximum atomic E-state index is 13.2. The molecule has 1 aromatic carbocycles. The van der Waals surface area contributed by atoms with Gasteiger partial charge in [0.25, 0.3) is 11.8 Å². The number of rotatable bonds is 5. The van der Waals surface area contributed by atoms with Crippen molar-refractivity contribution in [1.82, 2.24) is 15.3 Å². The molecule has 2 amide bonds. The largest absolute Gasteiger partial charge is 0.347 e. The number of hydrogen-bond donors (Lipinski definition) is 2. The van der Waals surface area contributed by atoms with Gasteiger partial charge in [-0.15, -0.1) is 0 Å². The first kappa shape index (κ1) is 17.2. The second-order valence-electron chi connectivity index (χ2n) is 5.44. The van der Waals surface area contributed by atoms with Crippen LogP contribution in [0.25, 0.3) is 0 Å². The lowest BCUT2D eigenvalue weighted by atomic mass is 10.2. The highest BCUT2D eigenvalue weighted by atomic mass is 19.1. The Morgan fingerprint density at radius 1 is 1.00 bits per heavy atom. The van der Waals surface area contributed by atoms with E-state index in [9.17, 15) is 14.0 Å². The summed E-state index contributed by atoms with van der Waals surface area (Å²) in [6.45, 7) is 0.300. The summed E-state index contributed by atoms with van der Waals surface area (Å²) in [7, 11) is 0. The Morgan fingerprint density at radius 3 is 2.65 bits per heavy atom. The van der Waals surface area contributed by atoms with Gasteiger partial charge in [0.2, 0.25) is 0 Å². The molecule has 0 radical (unpaired) electrons. The van der Waals surface area contributed by atoms with Gasteiger partial charge in [0.1, 0.15) is 11.5 Å². The summed E-state index contributed by atoms with van der Waals surface area (Å²) in [6.07, 6.45) is 4.67. The van der Waals surface area contributed by atoms with Crippen LogP contribution in [0.4, 0.5) is 10.1 Å². The first-order chi connectivity index (χ1) is 12.6. The lowest BCUT2D eigenvalue weighted by Gasteiger charge is -2.07. The lowest BCUT2D eigenvalue weighted by Crippen LogP contribution is -2.24. The molecule has 0 bridgehead atoms. The maximum Gasteiger partial charge on any atom is 0.270 e. The fourth-order valence-electron chi connectivity index (χ4n) is 2.24. The minimum atomic E-state index is -0.459. The molecule has 0 fully saturated rings. The molecular weight excluding hydrogens is 335 g/mol. The number of anilines is 1. The highest BCUT2D eigenvalue weighted by molar-refractivity contribution is 6.05. The second kappa shape index (κ2) is 7.98. The van der Waals surface area contributed by atoms with Crippen molar-refractivity contribution in [2.45, 2.75) is 6.54 Å². The normalized spacial score (nSPS) is 10.2. The number of amides is 2. The van der Waals surface area contributed by atoms with Crippen molar-refractivity contribution in [2.75, 3.05) is 5.32 Å². The van der Waals surface area contributed by atoms with Crippen molar-refractivity contribution in [3.8, 4) is 0 Å². The van der Waals surface area contributed by atoms with Gasteiger partial charge < -0.3 is 10.6 Å². The van der Waals surface area contributed by atoms with Gasteiger partial charge >= 0.3 is 0 Å². The zero-order chi connectivity index (χ0) is 18.4. The lowest BCUT2D eigenvalue weighted by molar-refractivity contribution is 0.0946. The van der Waals surface area contributed by atoms with Crippen molar-refractivity contribution in [2.24, 2.45) is 0 Å². The Balaban J connectivity index is 1.67. The van der Waals surface area contributed by atoms with E-state index in [1.54, 1.807) is 24.5 Å². The molecule has 0 unspecified atom stereocenters. The summed E-state index contributed by atoms with van der Waals surface area (Å²) >= 11 is 0. The Labute approximate surface area is 149 Å². The smallest absolute Gasteiger partial charge is 0.270 e. The molecule has 0 spiro atoms. The van der Waals surface area contributed by atoms with Gasteiger partial charge in [-0.05, 0) is 42.0 Å². The number of carbonyl (C=O) groups excluding carboxylic acids is 2. The molecule has 0 aliphatic heterocycles. The van der Waals surface area contributed by atoms with Crippen molar-refractivity contribution in [1.29, 1.82) is 0 Å². The first-order valence-corrected chi connectivity index (χ1v) is 7.82. The van der Waals surface area contributed by atoms with Crippen LogP contribution in [-0.2, 0) is 6.54 Å². The van der Waals surface area contributed by atoms with Gasteiger partial charge in [0, 0.05) is 36.4 Å². The summed E-state index contributed by atoms with van der Waals surface area (Å²) in [4.78, 5) is 32.5. The zero-order valence-corrected chi connectivity index (χ0v) is 13.6. The molecule has 2 aromatic heterocycles. The van der Waals surface area contributed by atoms with E-state index in [0.717, 1.165) is 5.56 Å². The van der Waals surface area contributed by atoms with Crippen molar-refractivity contribution in [3.63, 3.8) is 0 Å². The molecule has 6 nitrogen and oxygen atoms in total. The van der Waals surface area contributed by atoms with Crippen LogP contribution in [0, 0.1) is 5.82 Å². The average molecular weight is 350 g/mol. The summed E-state index contributed by atoms with van der Waals surface area (Å²) in [5.74, 6) is -1.32. The molecule has 130 valence electrons. The van der Waals surface area contributed by atoms with Crippen molar-refractivity contribution < 1.29 is 14.0 Å². The maximum absolute atomic E-state index is 13.2. The van der Waals surface area contributed by atoms with Crippen LogP contribution in [0.15, 0.2) is 67.1 Å². The van der Waals surface area contributed by atoms with E-state index in [1.165, 1.54) is 36.5 Å². The molecule has 0 saturated heterocycles. The van der Waals surface area contributed by atoms with E-state index in [-0.39, 0.29) is 11.3 Å². The Bertz CT molecular complexity index is 932. The topological polar surface area (TPSA) is 84.0 Å². The van der Waals surface area contributed by atoms with E-state index in [2.05, 4.69) is 20.6 Å². The van der Waals surface area contributed by atoms with E-state index in [1.807, 2.05) is 6.07 Å². The molecule has 2 heterocycles. The van der Waals surface area contributed by atoms with Crippen LogP contribution in [0.5, 0.6) is 0 Å². The third kappa shape index (κ3) is 4.47. The van der Waals surface area contributed by atoms with E-state index < -0.39 is 17.6 Å². The number of benzene rings is 1. The third-order valence-corrected chi connectivity index (χ3v) is 3.51. The van der Waals surface area contributed by atoms with E-state index in [4.69, 9.17) is 0 Å². The summed E-state index contributed by atoms with van der Waals surface area (Å²) in [6, 6.07) is 12.0. The van der Waals surface area contributed by atoms with Crippen LogP contribution in [0.2, 0.25) is 0 Å². The summed E-state index contributed by atoms with van der Waals surface area (Å²) in [5, 5.41) is 5.29. The number of carbonyl (C=O) groups is 2. The summed E-state index contributed by atoms with van der Waals surface area (Å²) in [5.41, 5.74) is 1.53. The van der Waals surface area contributed by atoms with E-state index in [0.29, 0.717) is 12.2 Å². The van der Waals surface area contributed by atoms with Crippen molar-refractivity contribution in [3.05, 3.63) is 89.8 Å². The highest BCUT2D eigenvalue weighted by Crippen LogP contribution is 2.11. The van der Waals surface area contributed by atoms with Crippen LogP contribution in [-0.4, -0.2) is 21.8 Å². The molecular formula is C19H15FN4O2. The van der Waals surface area contributed by atoms with Gasteiger partial charge in [-0.1, -0.05) is 12.1 Å². The van der Waals surface area contributed by atoms with Gasteiger partial charge in [-0.25, -0.2) is 4.39 Å². The minimum absolute atomic E-state index is 0.112.